The van der Waals surface area contributed by atoms with Crippen LogP contribution in [0.25, 0.3) is 0 Å². The van der Waals surface area contributed by atoms with Crippen molar-refractivity contribution in [3.63, 3.8) is 0 Å². The second-order valence-electron chi connectivity index (χ2n) is 5.27. The molecule has 3 atom stereocenters. The van der Waals surface area contributed by atoms with Crippen molar-refractivity contribution in [3.05, 3.63) is 23.7 Å². The Labute approximate surface area is 107 Å². The summed E-state index contributed by atoms with van der Waals surface area (Å²) < 4.78 is 11.0. The number of hydrogen-bond donors (Lipinski definition) is 1. The lowest BCUT2D eigenvalue weighted by Gasteiger charge is -2.31. The molecule has 0 saturated heterocycles. The summed E-state index contributed by atoms with van der Waals surface area (Å²) in [4.78, 5) is 10.7. The second-order valence-corrected chi connectivity index (χ2v) is 5.27. The molecular formula is C14H20O4. The topological polar surface area (TPSA) is 59.7 Å². The Morgan fingerprint density at radius 3 is 2.78 bits per heavy atom. The van der Waals surface area contributed by atoms with Crippen molar-refractivity contribution < 1.29 is 19.1 Å². The normalized spacial score (nSPS) is 28.2. The van der Waals surface area contributed by atoms with Crippen LogP contribution in [-0.2, 0) is 11.3 Å². The Morgan fingerprint density at radius 1 is 1.39 bits per heavy atom. The van der Waals surface area contributed by atoms with Gasteiger partial charge in [-0.2, -0.15) is 0 Å². The molecule has 0 spiro atoms. The fourth-order valence-corrected chi connectivity index (χ4v) is 2.42. The molecule has 3 unspecified atom stereocenters. The van der Waals surface area contributed by atoms with Crippen molar-refractivity contribution >= 4 is 5.97 Å². The number of aromatic carboxylic acids is 1. The van der Waals surface area contributed by atoms with Crippen LogP contribution < -0.4 is 0 Å². The van der Waals surface area contributed by atoms with Crippen molar-refractivity contribution in [3.8, 4) is 0 Å². The third kappa shape index (κ3) is 3.13. The minimum Gasteiger partial charge on any atom is -0.475 e. The summed E-state index contributed by atoms with van der Waals surface area (Å²) in [5.74, 6) is 0.973. The minimum absolute atomic E-state index is 0.0285. The van der Waals surface area contributed by atoms with Gasteiger partial charge in [0.1, 0.15) is 12.4 Å². The molecule has 0 bridgehead atoms. The van der Waals surface area contributed by atoms with Gasteiger partial charge in [0.15, 0.2) is 0 Å². The number of carbonyl (C=O) groups is 1. The molecule has 1 aromatic heterocycles. The van der Waals surface area contributed by atoms with E-state index in [1.54, 1.807) is 6.07 Å². The van der Waals surface area contributed by atoms with Crippen LogP contribution in [0.1, 0.15) is 49.4 Å². The first-order valence-corrected chi connectivity index (χ1v) is 6.50. The van der Waals surface area contributed by atoms with Crippen molar-refractivity contribution in [2.75, 3.05) is 0 Å². The number of carboxylic acid groups (broad SMARTS) is 1. The third-order valence-corrected chi connectivity index (χ3v) is 3.88. The van der Waals surface area contributed by atoms with Crippen molar-refractivity contribution in [2.45, 2.75) is 45.8 Å². The lowest BCUT2D eigenvalue weighted by Crippen LogP contribution is -2.26. The van der Waals surface area contributed by atoms with E-state index in [0.29, 0.717) is 18.3 Å². The summed E-state index contributed by atoms with van der Waals surface area (Å²) in [6, 6.07) is 3.13. The van der Waals surface area contributed by atoms with E-state index in [4.69, 9.17) is 14.3 Å². The largest absolute Gasteiger partial charge is 0.475 e. The summed E-state index contributed by atoms with van der Waals surface area (Å²) in [6.45, 7) is 4.90. The van der Waals surface area contributed by atoms with Gasteiger partial charge in [-0.3, -0.25) is 0 Å². The van der Waals surface area contributed by atoms with Gasteiger partial charge in [0.25, 0.3) is 0 Å². The molecule has 1 heterocycles. The zero-order chi connectivity index (χ0) is 13.1. The maximum atomic E-state index is 10.7. The molecular weight excluding hydrogens is 232 g/mol. The van der Waals surface area contributed by atoms with Crippen molar-refractivity contribution in [1.29, 1.82) is 0 Å². The van der Waals surface area contributed by atoms with Gasteiger partial charge in [0.2, 0.25) is 5.76 Å². The maximum Gasteiger partial charge on any atom is 0.371 e. The minimum atomic E-state index is -1.04. The van der Waals surface area contributed by atoms with Crippen LogP contribution in [0.2, 0.25) is 0 Å². The van der Waals surface area contributed by atoms with E-state index < -0.39 is 5.97 Å². The second kappa shape index (κ2) is 5.57. The van der Waals surface area contributed by atoms with Gasteiger partial charge in [-0.1, -0.05) is 13.8 Å². The summed E-state index contributed by atoms with van der Waals surface area (Å²) in [7, 11) is 0. The Bertz CT molecular complexity index is 410. The lowest BCUT2D eigenvalue weighted by atomic mass is 9.80. The van der Waals surface area contributed by atoms with Crippen LogP contribution in [0.4, 0.5) is 0 Å². The fourth-order valence-electron chi connectivity index (χ4n) is 2.42. The highest BCUT2D eigenvalue weighted by Crippen LogP contribution is 2.31. The predicted octanol–water partition coefficient (Wildman–Crippen LogP) is 3.32. The number of furan rings is 1. The standard InChI is InChI=1S/C14H20O4/c1-9-3-4-11(7-10(9)2)17-8-12-5-6-13(18-12)14(15)16/h5-6,9-11H,3-4,7-8H2,1-2H3,(H,15,16). The molecule has 2 rings (SSSR count). The van der Waals surface area contributed by atoms with E-state index in [1.807, 2.05) is 0 Å². The zero-order valence-corrected chi connectivity index (χ0v) is 10.9. The molecule has 0 amide bonds. The number of rotatable bonds is 4. The van der Waals surface area contributed by atoms with E-state index in [2.05, 4.69) is 13.8 Å². The monoisotopic (exact) mass is 252 g/mol. The molecule has 100 valence electrons. The first-order chi connectivity index (χ1) is 8.56. The Balaban J connectivity index is 1.82. The van der Waals surface area contributed by atoms with E-state index in [-0.39, 0.29) is 11.9 Å². The molecule has 1 N–H and O–H groups in total. The van der Waals surface area contributed by atoms with Gasteiger partial charge in [-0.25, -0.2) is 4.79 Å². The van der Waals surface area contributed by atoms with Crippen LogP contribution in [0.3, 0.4) is 0 Å². The molecule has 1 aliphatic rings. The molecule has 1 saturated carbocycles. The van der Waals surface area contributed by atoms with E-state index in [0.717, 1.165) is 18.8 Å². The van der Waals surface area contributed by atoms with Gasteiger partial charge in [0.05, 0.1) is 6.10 Å². The highest BCUT2D eigenvalue weighted by molar-refractivity contribution is 5.84. The highest BCUT2D eigenvalue weighted by atomic mass is 16.5. The predicted molar refractivity (Wildman–Crippen MR) is 66.4 cm³/mol. The van der Waals surface area contributed by atoms with Gasteiger partial charge in [0, 0.05) is 0 Å². The first kappa shape index (κ1) is 13.1. The molecule has 0 radical (unpaired) electrons. The van der Waals surface area contributed by atoms with E-state index in [1.165, 1.54) is 12.5 Å². The number of hydrogen-bond acceptors (Lipinski definition) is 3. The van der Waals surface area contributed by atoms with Gasteiger partial charge >= 0.3 is 5.97 Å². The van der Waals surface area contributed by atoms with Crippen LogP contribution in [0, 0.1) is 11.8 Å². The highest BCUT2D eigenvalue weighted by Gasteiger charge is 2.25. The Hall–Kier alpha value is -1.29. The fraction of sp³-hybridized carbons (Fsp3) is 0.643. The molecule has 1 aliphatic carbocycles. The molecule has 4 heteroatoms. The first-order valence-electron chi connectivity index (χ1n) is 6.50. The SMILES string of the molecule is CC1CCC(OCc2ccc(C(=O)O)o2)CC1C. The van der Waals surface area contributed by atoms with E-state index in [9.17, 15) is 4.79 Å². The molecule has 0 aromatic carbocycles. The Kier molecular flexibility index (Phi) is 4.07. The molecule has 18 heavy (non-hydrogen) atoms. The lowest BCUT2D eigenvalue weighted by molar-refractivity contribution is -0.0143. The zero-order valence-electron chi connectivity index (χ0n) is 10.9. The maximum absolute atomic E-state index is 10.7. The van der Waals surface area contributed by atoms with Gasteiger partial charge < -0.3 is 14.3 Å². The smallest absolute Gasteiger partial charge is 0.371 e. The van der Waals surface area contributed by atoms with Crippen LogP contribution in [0.15, 0.2) is 16.5 Å². The van der Waals surface area contributed by atoms with Gasteiger partial charge in [-0.05, 0) is 43.2 Å². The average Bonchev–Trinajstić information content (AvgIpc) is 2.79. The van der Waals surface area contributed by atoms with Gasteiger partial charge in [-0.15, -0.1) is 0 Å². The quantitative estimate of drug-likeness (QED) is 0.893. The molecule has 1 fully saturated rings. The Morgan fingerprint density at radius 2 is 2.17 bits per heavy atom. The van der Waals surface area contributed by atoms with Crippen LogP contribution in [0.5, 0.6) is 0 Å². The average molecular weight is 252 g/mol. The summed E-state index contributed by atoms with van der Waals surface area (Å²) in [5.41, 5.74) is 0. The van der Waals surface area contributed by atoms with Crippen LogP contribution >= 0.6 is 0 Å². The van der Waals surface area contributed by atoms with Crippen LogP contribution in [-0.4, -0.2) is 17.2 Å². The van der Waals surface area contributed by atoms with Crippen molar-refractivity contribution in [2.24, 2.45) is 11.8 Å². The molecule has 1 aromatic rings. The van der Waals surface area contributed by atoms with Crippen molar-refractivity contribution in [1.82, 2.24) is 0 Å². The third-order valence-electron chi connectivity index (χ3n) is 3.88. The number of ether oxygens (including phenoxy) is 1. The number of carboxylic acids is 1. The molecule has 0 aliphatic heterocycles. The summed E-state index contributed by atoms with van der Waals surface area (Å²) in [6.07, 6.45) is 3.63. The molecule has 4 nitrogen and oxygen atoms in total. The van der Waals surface area contributed by atoms with E-state index >= 15 is 0 Å². The summed E-state index contributed by atoms with van der Waals surface area (Å²) in [5, 5.41) is 8.74. The summed E-state index contributed by atoms with van der Waals surface area (Å²) >= 11 is 0.